The van der Waals surface area contributed by atoms with Crippen LogP contribution in [-0.4, -0.2) is 23.0 Å². The normalized spacial score (nSPS) is 16.4. The van der Waals surface area contributed by atoms with Crippen LogP contribution in [0.3, 0.4) is 0 Å². The molecule has 29 heavy (non-hydrogen) atoms. The van der Waals surface area contributed by atoms with Crippen LogP contribution in [0.4, 0.5) is 23.7 Å². The maximum atomic E-state index is 13.0. The standard InChI is InChI=1S/C18H9Cl2F3N2O4/c19-10-2-4-14(26)8(5-10)6-11-15(27)24-17(29)25(16(11)28)13-7-9(18(21,22)23)1-3-12(13)20/h1-7,26H,(H,24,27,29)/b11-6-. The van der Waals surface area contributed by atoms with Crippen molar-refractivity contribution >= 4 is 52.8 Å². The number of hydrogen-bond acceptors (Lipinski definition) is 4. The first kappa shape index (κ1) is 20.7. The zero-order valence-electron chi connectivity index (χ0n) is 14.1. The highest BCUT2D eigenvalue weighted by Crippen LogP contribution is 2.37. The molecule has 2 aromatic rings. The number of phenols is 1. The van der Waals surface area contributed by atoms with Gasteiger partial charge in [0.25, 0.3) is 11.8 Å². The molecule has 0 spiro atoms. The molecule has 6 nitrogen and oxygen atoms in total. The van der Waals surface area contributed by atoms with E-state index in [4.69, 9.17) is 23.2 Å². The second kappa shape index (κ2) is 7.41. The van der Waals surface area contributed by atoms with Crippen molar-refractivity contribution in [1.29, 1.82) is 0 Å². The van der Waals surface area contributed by atoms with Gasteiger partial charge >= 0.3 is 12.2 Å². The van der Waals surface area contributed by atoms with E-state index in [1.165, 1.54) is 18.2 Å². The number of barbiturate groups is 1. The second-order valence-corrected chi connectivity index (χ2v) is 6.67. The summed E-state index contributed by atoms with van der Waals surface area (Å²) in [6.07, 6.45) is -3.80. The lowest BCUT2D eigenvalue weighted by atomic mass is 10.1. The van der Waals surface area contributed by atoms with Gasteiger partial charge in [-0.2, -0.15) is 13.2 Å². The minimum absolute atomic E-state index is 0.0135. The van der Waals surface area contributed by atoms with Gasteiger partial charge < -0.3 is 5.11 Å². The minimum Gasteiger partial charge on any atom is -0.507 e. The summed E-state index contributed by atoms with van der Waals surface area (Å²) in [5.74, 6) is -2.64. The SMILES string of the molecule is O=C1NC(=O)N(c2cc(C(F)(F)F)ccc2Cl)C(=O)/C1=C\c1cc(Cl)ccc1O. The fourth-order valence-corrected chi connectivity index (χ4v) is 2.92. The Bertz CT molecular complexity index is 1080. The molecule has 1 aliphatic rings. The fourth-order valence-electron chi connectivity index (χ4n) is 2.53. The maximum Gasteiger partial charge on any atom is 0.416 e. The summed E-state index contributed by atoms with van der Waals surface area (Å²) in [6.45, 7) is 0. The summed E-state index contributed by atoms with van der Waals surface area (Å²) >= 11 is 11.7. The molecule has 0 radical (unpaired) electrons. The molecule has 0 aliphatic carbocycles. The zero-order valence-corrected chi connectivity index (χ0v) is 15.6. The van der Waals surface area contributed by atoms with Gasteiger partial charge in [0.15, 0.2) is 0 Å². The molecule has 0 aromatic heterocycles. The Hall–Kier alpha value is -3.04. The number of nitrogens with one attached hydrogen (secondary N) is 1. The van der Waals surface area contributed by atoms with Gasteiger partial charge in [-0.15, -0.1) is 0 Å². The van der Waals surface area contributed by atoms with Crippen molar-refractivity contribution < 1.29 is 32.7 Å². The molecule has 1 heterocycles. The van der Waals surface area contributed by atoms with E-state index in [1.807, 2.05) is 5.32 Å². The third kappa shape index (κ3) is 4.06. The first-order valence-corrected chi connectivity index (χ1v) is 8.51. The van der Waals surface area contributed by atoms with Gasteiger partial charge in [0.05, 0.1) is 16.3 Å². The molecule has 0 atom stereocenters. The van der Waals surface area contributed by atoms with Gasteiger partial charge in [0, 0.05) is 10.6 Å². The van der Waals surface area contributed by atoms with Crippen molar-refractivity contribution in [1.82, 2.24) is 5.32 Å². The number of phenolic OH excluding ortho intramolecular Hbond substituents is 1. The number of urea groups is 1. The summed E-state index contributed by atoms with van der Waals surface area (Å²) < 4.78 is 39.1. The number of anilines is 1. The Labute approximate surface area is 171 Å². The summed E-state index contributed by atoms with van der Waals surface area (Å²) in [5, 5.41) is 11.6. The van der Waals surface area contributed by atoms with Crippen molar-refractivity contribution in [2.45, 2.75) is 6.18 Å². The van der Waals surface area contributed by atoms with E-state index in [9.17, 15) is 32.7 Å². The highest BCUT2D eigenvalue weighted by Gasteiger charge is 2.39. The molecule has 3 rings (SSSR count). The monoisotopic (exact) mass is 444 g/mol. The number of nitrogens with zero attached hydrogens (tertiary/aromatic N) is 1. The largest absolute Gasteiger partial charge is 0.507 e. The Morgan fingerprint density at radius 1 is 1.03 bits per heavy atom. The average Bonchev–Trinajstić information content (AvgIpc) is 2.61. The predicted octanol–water partition coefficient (Wildman–Crippen LogP) is 4.38. The van der Waals surface area contributed by atoms with Crippen LogP contribution < -0.4 is 10.2 Å². The number of hydrogen-bond donors (Lipinski definition) is 2. The number of benzene rings is 2. The van der Waals surface area contributed by atoms with Crippen molar-refractivity contribution in [2.24, 2.45) is 0 Å². The molecule has 11 heteroatoms. The Kier molecular flexibility index (Phi) is 5.29. The van der Waals surface area contributed by atoms with E-state index < -0.39 is 40.8 Å². The van der Waals surface area contributed by atoms with Gasteiger partial charge in [0.1, 0.15) is 11.3 Å². The van der Waals surface area contributed by atoms with E-state index in [0.717, 1.165) is 12.1 Å². The highest BCUT2D eigenvalue weighted by atomic mass is 35.5. The molecular weight excluding hydrogens is 436 g/mol. The second-order valence-electron chi connectivity index (χ2n) is 5.82. The number of imide groups is 2. The van der Waals surface area contributed by atoms with Crippen LogP contribution in [0.25, 0.3) is 6.08 Å². The lowest BCUT2D eigenvalue weighted by Gasteiger charge is -2.27. The van der Waals surface area contributed by atoms with Crippen molar-refractivity contribution in [3.8, 4) is 5.75 Å². The zero-order chi connectivity index (χ0) is 21.5. The van der Waals surface area contributed by atoms with Crippen LogP contribution in [0.1, 0.15) is 11.1 Å². The van der Waals surface area contributed by atoms with Gasteiger partial charge in [-0.1, -0.05) is 23.2 Å². The first-order chi connectivity index (χ1) is 13.5. The summed E-state index contributed by atoms with van der Waals surface area (Å²) in [6, 6.07) is 4.64. The van der Waals surface area contributed by atoms with Crippen LogP contribution in [0.15, 0.2) is 42.0 Å². The number of halogens is 5. The third-order valence-electron chi connectivity index (χ3n) is 3.91. The number of alkyl halides is 3. The molecule has 1 aliphatic heterocycles. The van der Waals surface area contributed by atoms with Crippen LogP contribution in [0, 0.1) is 0 Å². The van der Waals surface area contributed by atoms with Crippen LogP contribution >= 0.6 is 23.2 Å². The Morgan fingerprint density at radius 2 is 1.72 bits per heavy atom. The highest BCUT2D eigenvalue weighted by molar-refractivity contribution is 6.42. The average molecular weight is 445 g/mol. The quantitative estimate of drug-likeness (QED) is 0.531. The van der Waals surface area contributed by atoms with Crippen LogP contribution in [0.2, 0.25) is 10.0 Å². The number of rotatable bonds is 2. The van der Waals surface area contributed by atoms with E-state index in [-0.39, 0.29) is 21.4 Å². The van der Waals surface area contributed by atoms with Crippen LogP contribution in [0.5, 0.6) is 5.75 Å². The Morgan fingerprint density at radius 3 is 2.38 bits per heavy atom. The molecule has 0 saturated carbocycles. The van der Waals surface area contributed by atoms with E-state index in [2.05, 4.69) is 0 Å². The molecule has 2 aromatic carbocycles. The molecule has 150 valence electrons. The number of aromatic hydroxyl groups is 1. The predicted molar refractivity (Wildman–Crippen MR) is 98.6 cm³/mol. The van der Waals surface area contributed by atoms with Gasteiger partial charge in [-0.25, -0.2) is 9.69 Å². The lowest BCUT2D eigenvalue weighted by molar-refractivity contribution is -0.137. The number of amides is 4. The topological polar surface area (TPSA) is 86.7 Å². The molecule has 2 N–H and O–H groups in total. The van der Waals surface area contributed by atoms with E-state index in [0.29, 0.717) is 17.0 Å². The van der Waals surface area contributed by atoms with Crippen molar-refractivity contribution in [3.05, 3.63) is 63.1 Å². The number of carbonyl (C=O) groups is 3. The fraction of sp³-hybridized carbons (Fsp3) is 0.0556. The van der Waals surface area contributed by atoms with E-state index >= 15 is 0 Å². The van der Waals surface area contributed by atoms with Gasteiger partial charge in [-0.05, 0) is 42.5 Å². The van der Waals surface area contributed by atoms with Gasteiger partial charge in [-0.3, -0.25) is 14.9 Å². The summed E-state index contributed by atoms with van der Waals surface area (Å²) in [7, 11) is 0. The third-order valence-corrected chi connectivity index (χ3v) is 4.46. The first-order valence-electron chi connectivity index (χ1n) is 7.76. The molecule has 1 saturated heterocycles. The van der Waals surface area contributed by atoms with Gasteiger partial charge in [0.2, 0.25) is 0 Å². The molecular formula is C18H9Cl2F3N2O4. The lowest BCUT2D eigenvalue weighted by Crippen LogP contribution is -2.54. The molecule has 0 unspecified atom stereocenters. The maximum absolute atomic E-state index is 13.0. The van der Waals surface area contributed by atoms with Crippen LogP contribution in [-0.2, 0) is 15.8 Å². The van der Waals surface area contributed by atoms with Crippen molar-refractivity contribution in [2.75, 3.05) is 4.90 Å². The number of carbonyl (C=O) groups excluding carboxylic acids is 3. The van der Waals surface area contributed by atoms with Crippen molar-refractivity contribution in [3.63, 3.8) is 0 Å². The minimum atomic E-state index is -4.75. The smallest absolute Gasteiger partial charge is 0.416 e. The van der Waals surface area contributed by atoms with E-state index in [1.54, 1.807) is 0 Å². The summed E-state index contributed by atoms with van der Waals surface area (Å²) in [4.78, 5) is 37.4. The molecule has 0 bridgehead atoms. The Balaban J connectivity index is 2.11. The molecule has 4 amide bonds. The molecule has 1 fully saturated rings. The summed E-state index contributed by atoms with van der Waals surface area (Å²) in [5.41, 5.74) is -2.33.